The molecule has 0 spiro atoms. The van der Waals surface area contributed by atoms with Gasteiger partial charge in [0.15, 0.2) is 0 Å². The molecule has 6 heteroatoms. The van der Waals surface area contributed by atoms with Crippen molar-refractivity contribution in [1.29, 1.82) is 0 Å². The van der Waals surface area contributed by atoms with Crippen molar-refractivity contribution in [2.75, 3.05) is 33.2 Å². The lowest BCUT2D eigenvalue weighted by Gasteiger charge is -2.39. The number of nitrogens with zero attached hydrogens (tertiary/aromatic N) is 2. The molecule has 1 atom stereocenters. The third kappa shape index (κ3) is 3.88. The summed E-state index contributed by atoms with van der Waals surface area (Å²) < 4.78 is 29.4. The van der Waals surface area contributed by atoms with Gasteiger partial charge >= 0.3 is 6.61 Å². The average Bonchev–Trinajstić information content (AvgIpc) is 2.42. The standard InChI is InChI=1S/C14H21F2N3O/c1-18-6-7-19(12(8-17)10-18)9-11-4-2-3-5-13(11)20-14(15)16/h2-5,12,14H,6-10,17H2,1H3. The fourth-order valence-electron chi connectivity index (χ4n) is 2.54. The van der Waals surface area contributed by atoms with Crippen LogP contribution in [0.2, 0.25) is 0 Å². The van der Waals surface area contributed by atoms with Crippen LogP contribution >= 0.6 is 0 Å². The molecular weight excluding hydrogens is 264 g/mol. The number of benzene rings is 1. The van der Waals surface area contributed by atoms with Gasteiger partial charge in [0.25, 0.3) is 0 Å². The van der Waals surface area contributed by atoms with Crippen LogP contribution in [0.15, 0.2) is 24.3 Å². The van der Waals surface area contributed by atoms with Crippen LogP contribution in [0, 0.1) is 0 Å². The van der Waals surface area contributed by atoms with Crippen LogP contribution in [0.4, 0.5) is 8.78 Å². The van der Waals surface area contributed by atoms with Crippen molar-refractivity contribution in [3.05, 3.63) is 29.8 Å². The molecule has 0 bridgehead atoms. The summed E-state index contributed by atoms with van der Waals surface area (Å²) in [5.41, 5.74) is 6.58. The number of rotatable bonds is 5. The van der Waals surface area contributed by atoms with Crippen molar-refractivity contribution >= 4 is 0 Å². The number of halogens is 2. The predicted molar refractivity (Wildman–Crippen MR) is 73.8 cm³/mol. The SMILES string of the molecule is CN1CCN(Cc2ccccc2OC(F)F)C(CN)C1. The molecule has 1 aliphatic heterocycles. The van der Waals surface area contributed by atoms with Crippen LogP contribution in [0.1, 0.15) is 5.56 Å². The summed E-state index contributed by atoms with van der Waals surface area (Å²) in [7, 11) is 2.06. The Bertz CT molecular complexity index is 431. The second-order valence-electron chi connectivity index (χ2n) is 5.11. The van der Waals surface area contributed by atoms with Crippen LogP contribution < -0.4 is 10.5 Å². The highest BCUT2D eigenvalue weighted by Gasteiger charge is 2.25. The molecule has 4 nitrogen and oxygen atoms in total. The zero-order valence-electron chi connectivity index (χ0n) is 11.6. The molecule has 2 rings (SSSR count). The Morgan fingerprint density at radius 3 is 2.80 bits per heavy atom. The fourth-order valence-corrected chi connectivity index (χ4v) is 2.54. The zero-order valence-corrected chi connectivity index (χ0v) is 11.6. The van der Waals surface area contributed by atoms with Gasteiger partial charge in [-0.3, -0.25) is 4.90 Å². The fraction of sp³-hybridized carbons (Fsp3) is 0.571. The van der Waals surface area contributed by atoms with E-state index in [4.69, 9.17) is 5.73 Å². The second kappa shape index (κ2) is 6.97. The Kier molecular flexibility index (Phi) is 5.28. The highest BCUT2D eigenvalue weighted by Crippen LogP contribution is 2.23. The zero-order chi connectivity index (χ0) is 14.5. The predicted octanol–water partition coefficient (Wildman–Crippen LogP) is 1.36. The lowest BCUT2D eigenvalue weighted by atomic mass is 10.1. The topological polar surface area (TPSA) is 41.7 Å². The first-order valence-electron chi connectivity index (χ1n) is 6.75. The molecule has 1 aliphatic rings. The molecule has 0 radical (unpaired) electrons. The van der Waals surface area contributed by atoms with Gasteiger partial charge in [0, 0.05) is 44.3 Å². The van der Waals surface area contributed by atoms with Crippen molar-refractivity contribution in [2.45, 2.75) is 19.2 Å². The van der Waals surface area contributed by atoms with Crippen LogP contribution in [-0.4, -0.2) is 55.7 Å². The number of hydrogen-bond acceptors (Lipinski definition) is 4. The van der Waals surface area contributed by atoms with Gasteiger partial charge in [-0.2, -0.15) is 8.78 Å². The lowest BCUT2D eigenvalue weighted by Crippen LogP contribution is -2.54. The molecule has 1 aromatic carbocycles. The quantitative estimate of drug-likeness (QED) is 0.887. The smallest absolute Gasteiger partial charge is 0.387 e. The number of para-hydroxylation sites is 1. The van der Waals surface area contributed by atoms with Crippen molar-refractivity contribution < 1.29 is 13.5 Å². The van der Waals surface area contributed by atoms with E-state index >= 15 is 0 Å². The summed E-state index contributed by atoms with van der Waals surface area (Å²) in [6.07, 6.45) is 0. The molecule has 1 fully saturated rings. The van der Waals surface area contributed by atoms with E-state index in [0.717, 1.165) is 25.2 Å². The van der Waals surface area contributed by atoms with Crippen molar-refractivity contribution in [2.24, 2.45) is 5.73 Å². The minimum Gasteiger partial charge on any atom is -0.434 e. The van der Waals surface area contributed by atoms with E-state index in [9.17, 15) is 8.78 Å². The van der Waals surface area contributed by atoms with Gasteiger partial charge in [0.2, 0.25) is 0 Å². The van der Waals surface area contributed by atoms with Crippen molar-refractivity contribution in [1.82, 2.24) is 9.80 Å². The van der Waals surface area contributed by atoms with E-state index in [2.05, 4.69) is 21.6 Å². The highest BCUT2D eigenvalue weighted by atomic mass is 19.3. The van der Waals surface area contributed by atoms with Gasteiger partial charge < -0.3 is 15.4 Å². The summed E-state index contributed by atoms with van der Waals surface area (Å²) in [6, 6.07) is 7.18. The number of hydrogen-bond donors (Lipinski definition) is 1. The van der Waals surface area contributed by atoms with E-state index in [1.165, 1.54) is 0 Å². The molecule has 1 unspecified atom stereocenters. The number of alkyl halides is 2. The molecule has 0 aliphatic carbocycles. The molecule has 0 amide bonds. The summed E-state index contributed by atoms with van der Waals surface area (Å²) in [5.74, 6) is 0.247. The Morgan fingerprint density at radius 2 is 2.10 bits per heavy atom. The Hall–Kier alpha value is -1.24. The van der Waals surface area contributed by atoms with E-state index in [1.54, 1.807) is 12.1 Å². The molecule has 1 heterocycles. The Morgan fingerprint density at radius 1 is 1.35 bits per heavy atom. The minimum absolute atomic E-state index is 0.244. The molecule has 0 aromatic heterocycles. The maximum Gasteiger partial charge on any atom is 0.387 e. The van der Waals surface area contributed by atoms with Crippen LogP contribution in [0.25, 0.3) is 0 Å². The summed E-state index contributed by atoms with van der Waals surface area (Å²) >= 11 is 0. The van der Waals surface area contributed by atoms with E-state index in [1.807, 2.05) is 12.1 Å². The first kappa shape index (κ1) is 15.2. The van der Waals surface area contributed by atoms with Crippen LogP contribution in [-0.2, 0) is 6.54 Å². The lowest BCUT2D eigenvalue weighted by molar-refractivity contribution is -0.0510. The molecule has 1 saturated heterocycles. The van der Waals surface area contributed by atoms with Gasteiger partial charge in [-0.1, -0.05) is 18.2 Å². The Labute approximate surface area is 118 Å². The third-order valence-electron chi connectivity index (χ3n) is 3.64. The summed E-state index contributed by atoms with van der Waals surface area (Å²) in [6.45, 7) is 1.07. The van der Waals surface area contributed by atoms with Gasteiger partial charge in [-0.15, -0.1) is 0 Å². The minimum atomic E-state index is -2.80. The maximum absolute atomic E-state index is 12.4. The van der Waals surface area contributed by atoms with Crippen LogP contribution in [0.3, 0.4) is 0 Å². The molecule has 20 heavy (non-hydrogen) atoms. The first-order valence-corrected chi connectivity index (χ1v) is 6.75. The number of ether oxygens (including phenoxy) is 1. The van der Waals surface area contributed by atoms with E-state index in [-0.39, 0.29) is 11.8 Å². The average molecular weight is 285 g/mol. The molecule has 0 saturated carbocycles. The Balaban J connectivity index is 2.08. The van der Waals surface area contributed by atoms with Gasteiger partial charge in [0.1, 0.15) is 5.75 Å². The molecule has 1 aromatic rings. The third-order valence-corrected chi connectivity index (χ3v) is 3.64. The number of piperazine rings is 1. The summed E-state index contributed by atoms with van der Waals surface area (Å²) in [5, 5.41) is 0. The molecular formula is C14H21F2N3O. The van der Waals surface area contributed by atoms with Crippen LogP contribution in [0.5, 0.6) is 5.75 Å². The monoisotopic (exact) mass is 285 g/mol. The van der Waals surface area contributed by atoms with E-state index in [0.29, 0.717) is 13.1 Å². The van der Waals surface area contributed by atoms with Gasteiger partial charge in [0.05, 0.1) is 0 Å². The van der Waals surface area contributed by atoms with Crippen molar-refractivity contribution in [3.63, 3.8) is 0 Å². The number of nitrogens with two attached hydrogens (primary N) is 1. The highest BCUT2D eigenvalue weighted by molar-refractivity contribution is 5.33. The maximum atomic E-state index is 12.4. The molecule has 2 N–H and O–H groups in total. The largest absolute Gasteiger partial charge is 0.434 e. The van der Waals surface area contributed by atoms with Crippen molar-refractivity contribution in [3.8, 4) is 5.75 Å². The first-order chi connectivity index (χ1) is 9.60. The van der Waals surface area contributed by atoms with Gasteiger partial charge in [-0.05, 0) is 13.1 Å². The second-order valence-corrected chi connectivity index (χ2v) is 5.11. The van der Waals surface area contributed by atoms with Gasteiger partial charge in [-0.25, -0.2) is 0 Å². The normalized spacial score (nSPS) is 21.4. The number of likely N-dealkylation sites (N-methyl/N-ethyl adjacent to an activating group) is 1. The summed E-state index contributed by atoms with van der Waals surface area (Å²) in [4.78, 5) is 4.46. The molecule has 112 valence electrons. The van der Waals surface area contributed by atoms with E-state index < -0.39 is 6.61 Å².